The number of imide groups is 1. The lowest BCUT2D eigenvalue weighted by molar-refractivity contribution is -0.384. The zero-order valence-electron chi connectivity index (χ0n) is 17.9. The number of esters is 1. The fourth-order valence-electron chi connectivity index (χ4n) is 5.06. The summed E-state index contributed by atoms with van der Waals surface area (Å²) < 4.78 is 5.24. The minimum absolute atomic E-state index is 0.112. The molecule has 0 saturated carbocycles. The predicted molar refractivity (Wildman–Crippen MR) is 116 cm³/mol. The summed E-state index contributed by atoms with van der Waals surface area (Å²) in [6.07, 6.45) is 1.61. The van der Waals surface area contributed by atoms with Crippen LogP contribution >= 0.6 is 0 Å². The van der Waals surface area contributed by atoms with Crippen molar-refractivity contribution in [3.63, 3.8) is 0 Å². The van der Waals surface area contributed by atoms with Gasteiger partial charge in [0, 0.05) is 12.1 Å². The number of anilines is 1. The quantitative estimate of drug-likeness (QED) is 0.304. The first kappa shape index (κ1) is 20.8. The molecule has 0 aromatic heterocycles. The van der Waals surface area contributed by atoms with E-state index in [2.05, 4.69) is 5.10 Å². The van der Waals surface area contributed by atoms with Crippen LogP contribution in [0.3, 0.4) is 0 Å². The molecule has 10 nitrogen and oxygen atoms in total. The normalized spacial score (nSPS) is 25.0. The molecule has 10 heteroatoms. The highest BCUT2D eigenvalue weighted by Crippen LogP contribution is 2.53. The molecule has 3 aliphatic heterocycles. The Morgan fingerprint density at radius 1 is 1.15 bits per heavy atom. The number of hydrogen-bond donors (Lipinski definition) is 0. The van der Waals surface area contributed by atoms with Crippen molar-refractivity contribution in [1.82, 2.24) is 5.01 Å². The molecular formula is C23H20N4O6. The largest absolute Gasteiger partial charge is 0.464 e. The monoisotopic (exact) mass is 448 g/mol. The van der Waals surface area contributed by atoms with Crippen LogP contribution in [0.15, 0.2) is 47.6 Å². The van der Waals surface area contributed by atoms with E-state index in [1.807, 2.05) is 24.3 Å². The van der Waals surface area contributed by atoms with Crippen LogP contribution in [0.25, 0.3) is 0 Å². The Labute approximate surface area is 188 Å². The molecule has 0 radical (unpaired) electrons. The number of amides is 2. The molecule has 0 unspecified atom stereocenters. The topological polar surface area (TPSA) is 122 Å². The zero-order chi connectivity index (χ0) is 23.4. The number of benzene rings is 2. The molecule has 2 saturated heterocycles. The average molecular weight is 448 g/mol. The molecule has 33 heavy (non-hydrogen) atoms. The molecule has 2 amide bonds. The van der Waals surface area contributed by atoms with E-state index in [4.69, 9.17) is 4.74 Å². The maximum atomic E-state index is 13.7. The number of hydrogen-bond acceptors (Lipinski definition) is 8. The highest BCUT2D eigenvalue weighted by molar-refractivity contribution is 6.24. The van der Waals surface area contributed by atoms with Crippen LogP contribution in [0, 0.1) is 28.9 Å². The van der Waals surface area contributed by atoms with Gasteiger partial charge in [0.05, 0.1) is 41.3 Å². The number of aryl methyl sites for hydroxylation is 1. The van der Waals surface area contributed by atoms with Gasteiger partial charge in [0.25, 0.3) is 5.69 Å². The van der Waals surface area contributed by atoms with E-state index in [-0.39, 0.29) is 18.0 Å². The Hall–Kier alpha value is -4.08. The van der Waals surface area contributed by atoms with Crippen LogP contribution in [0.2, 0.25) is 0 Å². The first-order chi connectivity index (χ1) is 15.8. The van der Waals surface area contributed by atoms with Crippen LogP contribution < -0.4 is 4.90 Å². The van der Waals surface area contributed by atoms with Gasteiger partial charge in [-0.15, -0.1) is 0 Å². The van der Waals surface area contributed by atoms with E-state index in [0.717, 1.165) is 16.0 Å². The van der Waals surface area contributed by atoms with Gasteiger partial charge in [-0.05, 0) is 30.5 Å². The Balaban J connectivity index is 1.65. The van der Waals surface area contributed by atoms with Crippen LogP contribution in [0.4, 0.5) is 11.4 Å². The van der Waals surface area contributed by atoms with Gasteiger partial charge in [0.15, 0.2) is 6.04 Å². The third-order valence-electron chi connectivity index (χ3n) is 6.47. The van der Waals surface area contributed by atoms with E-state index >= 15 is 0 Å². The molecule has 2 aromatic rings. The fraction of sp³-hybridized carbons (Fsp3) is 0.304. The van der Waals surface area contributed by atoms with E-state index in [9.17, 15) is 24.5 Å². The number of nitro groups is 1. The van der Waals surface area contributed by atoms with Crippen molar-refractivity contribution in [2.75, 3.05) is 11.5 Å². The van der Waals surface area contributed by atoms with Gasteiger partial charge in [-0.2, -0.15) is 5.10 Å². The van der Waals surface area contributed by atoms with Crippen molar-refractivity contribution < 1.29 is 24.0 Å². The van der Waals surface area contributed by atoms with Gasteiger partial charge < -0.3 is 4.74 Å². The van der Waals surface area contributed by atoms with Crippen LogP contribution in [-0.4, -0.2) is 46.6 Å². The first-order valence-electron chi connectivity index (χ1n) is 10.6. The summed E-state index contributed by atoms with van der Waals surface area (Å²) in [6.45, 7) is 3.45. The lowest BCUT2D eigenvalue weighted by Crippen LogP contribution is -2.45. The first-order valence-corrected chi connectivity index (χ1v) is 10.6. The number of non-ortho nitro benzene ring substituents is 1. The Kier molecular flexibility index (Phi) is 4.73. The molecule has 0 aliphatic carbocycles. The average Bonchev–Trinajstić information content (AvgIpc) is 3.27. The molecule has 5 rings (SSSR count). The second-order valence-corrected chi connectivity index (χ2v) is 8.19. The number of hydrazone groups is 1. The molecule has 0 spiro atoms. The lowest BCUT2D eigenvalue weighted by Gasteiger charge is -2.33. The zero-order valence-corrected chi connectivity index (χ0v) is 17.9. The number of nitrogens with zero attached hydrogens (tertiary/aromatic N) is 4. The highest BCUT2D eigenvalue weighted by Gasteiger charge is 2.66. The fourth-order valence-corrected chi connectivity index (χ4v) is 5.06. The van der Waals surface area contributed by atoms with Crippen molar-refractivity contribution in [3.05, 3.63) is 69.3 Å². The van der Waals surface area contributed by atoms with Gasteiger partial charge in [-0.25, -0.2) is 9.69 Å². The van der Waals surface area contributed by atoms with Crippen LogP contribution in [-0.2, 0) is 19.1 Å². The molecular weight excluding hydrogens is 428 g/mol. The Morgan fingerprint density at radius 2 is 1.88 bits per heavy atom. The summed E-state index contributed by atoms with van der Waals surface area (Å²) in [6, 6.07) is 9.70. The standard InChI is InChI=1S/C23H20N4O6/c1-3-33-23(30)20-18-17(19-15-7-5-4-6-13(15)11-24-26(19)20)21(28)25(22(18)29)16-10-14(27(31)32)9-8-12(16)2/h4-11,17-20H,3H2,1-2H3/t17-,18-,19-,20+/m1/s1. The predicted octanol–water partition coefficient (Wildman–Crippen LogP) is 2.34. The Morgan fingerprint density at radius 3 is 2.61 bits per heavy atom. The molecule has 0 N–H and O–H groups in total. The molecule has 2 fully saturated rings. The van der Waals surface area contributed by atoms with Crippen LogP contribution in [0.5, 0.6) is 0 Å². The maximum absolute atomic E-state index is 13.7. The van der Waals surface area contributed by atoms with Gasteiger partial charge >= 0.3 is 5.97 Å². The van der Waals surface area contributed by atoms with E-state index < -0.39 is 46.6 Å². The number of rotatable bonds is 4. The lowest BCUT2D eigenvalue weighted by atomic mass is 9.85. The molecule has 3 heterocycles. The van der Waals surface area contributed by atoms with Crippen molar-refractivity contribution in [2.45, 2.75) is 25.9 Å². The molecule has 3 aliphatic rings. The number of carbonyl (C=O) groups excluding carboxylic acids is 3. The second kappa shape index (κ2) is 7.51. The van der Waals surface area contributed by atoms with E-state index in [1.54, 1.807) is 20.1 Å². The summed E-state index contributed by atoms with van der Waals surface area (Å²) >= 11 is 0. The molecule has 4 atom stereocenters. The molecule has 0 bridgehead atoms. The minimum Gasteiger partial charge on any atom is -0.464 e. The van der Waals surface area contributed by atoms with Gasteiger partial charge in [-0.1, -0.05) is 30.3 Å². The van der Waals surface area contributed by atoms with Crippen molar-refractivity contribution in [2.24, 2.45) is 16.9 Å². The number of fused-ring (bicyclic) bond motifs is 5. The summed E-state index contributed by atoms with van der Waals surface area (Å²) in [5.41, 5.74) is 2.04. The highest BCUT2D eigenvalue weighted by atomic mass is 16.6. The summed E-state index contributed by atoms with van der Waals surface area (Å²) in [7, 11) is 0. The smallest absolute Gasteiger partial charge is 0.331 e. The number of carbonyl (C=O) groups is 3. The summed E-state index contributed by atoms with van der Waals surface area (Å²) in [5, 5.41) is 17.2. The SMILES string of the molecule is CCOC(=O)[C@@H]1[C@@H]2C(=O)N(c3cc([N+](=O)[O-])ccc3C)C(=O)[C@H]2[C@H]2c3ccccc3C=NN12. The third-order valence-corrected chi connectivity index (χ3v) is 6.47. The Bertz CT molecular complexity index is 1240. The molecule has 2 aromatic carbocycles. The van der Waals surface area contributed by atoms with E-state index in [1.165, 1.54) is 23.2 Å². The maximum Gasteiger partial charge on any atom is 0.331 e. The number of nitro benzene ring substituents is 1. The third kappa shape index (κ3) is 2.94. The van der Waals surface area contributed by atoms with Crippen LogP contribution in [0.1, 0.15) is 29.7 Å². The van der Waals surface area contributed by atoms with Crippen molar-refractivity contribution >= 4 is 35.4 Å². The number of ether oxygens (including phenoxy) is 1. The summed E-state index contributed by atoms with van der Waals surface area (Å²) in [5.74, 6) is -3.64. The minimum atomic E-state index is -1.08. The van der Waals surface area contributed by atoms with Gasteiger partial charge in [-0.3, -0.25) is 24.7 Å². The van der Waals surface area contributed by atoms with E-state index in [0.29, 0.717) is 5.56 Å². The van der Waals surface area contributed by atoms with Gasteiger partial charge in [0.1, 0.15) is 0 Å². The van der Waals surface area contributed by atoms with Gasteiger partial charge in [0.2, 0.25) is 11.8 Å². The van der Waals surface area contributed by atoms with Crippen molar-refractivity contribution in [3.8, 4) is 0 Å². The second-order valence-electron chi connectivity index (χ2n) is 8.19. The summed E-state index contributed by atoms with van der Waals surface area (Å²) in [4.78, 5) is 52.1. The van der Waals surface area contributed by atoms with Crippen molar-refractivity contribution in [1.29, 1.82) is 0 Å². The molecule has 168 valence electrons.